The summed E-state index contributed by atoms with van der Waals surface area (Å²) in [5.74, 6) is 0.481. The first-order chi connectivity index (χ1) is 12.6. The quantitative estimate of drug-likeness (QED) is 0.532. The van der Waals surface area contributed by atoms with E-state index in [4.69, 9.17) is 14.2 Å². The number of nitrogens with zero attached hydrogens (tertiary/aromatic N) is 1. The van der Waals surface area contributed by atoms with Crippen molar-refractivity contribution >= 4 is 11.6 Å². The number of nitrogens with one attached hydrogen (secondary N) is 1. The van der Waals surface area contributed by atoms with Gasteiger partial charge in [-0.15, -0.1) is 0 Å². The molecule has 1 N–H and O–H groups in total. The summed E-state index contributed by atoms with van der Waals surface area (Å²) >= 11 is 0. The van der Waals surface area contributed by atoms with Gasteiger partial charge in [-0.1, -0.05) is 32.6 Å². The molecular formula is C20H32N2O4. The smallest absolute Gasteiger partial charge is 0.256 e. The fourth-order valence-electron chi connectivity index (χ4n) is 3.25. The standard InChI is InChI=1S/C20H32N2O4/c1-4-13-26-20(11-7-5-6-8-12-20)19(23)22-17-9-10-18(21-16(17)2)25-15-14-24-3/h9-10H,4-8,11-15H2,1-3H3,(H,22,23). The molecule has 1 aromatic rings. The Labute approximate surface area is 156 Å². The summed E-state index contributed by atoms with van der Waals surface area (Å²) in [6, 6.07) is 3.61. The van der Waals surface area contributed by atoms with Crippen LogP contribution in [0.2, 0.25) is 0 Å². The maximum atomic E-state index is 13.1. The van der Waals surface area contributed by atoms with Gasteiger partial charge in [-0.2, -0.15) is 0 Å². The van der Waals surface area contributed by atoms with Gasteiger partial charge in [0.1, 0.15) is 12.2 Å². The fourth-order valence-corrected chi connectivity index (χ4v) is 3.25. The highest BCUT2D eigenvalue weighted by Gasteiger charge is 2.39. The van der Waals surface area contributed by atoms with E-state index in [9.17, 15) is 4.79 Å². The van der Waals surface area contributed by atoms with E-state index in [2.05, 4.69) is 17.2 Å². The lowest BCUT2D eigenvalue weighted by Crippen LogP contribution is -2.45. The first-order valence-electron chi connectivity index (χ1n) is 9.66. The molecule has 1 aliphatic rings. The lowest BCUT2D eigenvalue weighted by atomic mass is 9.92. The molecule has 6 heteroatoms. The Bertz CT molecular complexity index is 569. The van der Waals surface area contributed by atoms with Crippen LogP contribution in [0.4, 0.5) is 5.69 Å². The van der Waals surface area contributed by atoms with E-state index in [1.54, 1.807) is 13.2 Å². The highest BCUT2D eigenvalue weighted by atomic mass is 16.5. The van der Waals surface area contributed by atoms with E-state index in [-0.39, 0.29) is 5.91 Å². The number of carbonyl (C=O) groups excluding carboxylic acids is 1. The Morgan fingerprint density at radius 1 is 1.15 bits per heavy atom. The Balaban J connectivity index is 2.07. The summed E-state index contributed by atoms with van der Waals surface area (Å²) in [4.78, 5) is 17.5. The summed E-state index contributed by atoms with van der Waals surface area (Å²) in [6.07, 6.45) is 6.86. The van der Waals surface area contributed by atoms with E-state index in [1.165, 1.54) is 12.8 Å². The molecule has 0 aromatic carbocycles. The predicted molar refractivity (Wildman–Crippen MR) is 102 cm³/mol. The molecule has 1 amide bonds. The number of methoxy groups -OCH3 is 1. The van der Waals surface area contributed by atoms with Crippen molar-refractivity contribution in [2.24, 2.45) is 0 Å². The van der Waals surface area contributed by atoms with E-state index in [1.807, 2.05) is 13.0 Å². The third-order valence-electron chi connectivity index (χ3n) is 4.75. The van der Waals surface area contributed by atoms with Crippen LogP contribution in [0, 0.1) is 6.92 Å². The zero-order valence-electron chi connectivity index (χ0n) is 16.3. The minimum absolute atomic E-state index is 0.0502. The number of aromatic nitrogens is 1. The number of amides is 1. The van der Waals surface area contributed by atoms with Gasteiger partial charge in [0.25, 0.3) is 5.91 Å². The second kappa shape index (κ2) is 10.5. The van der Waals surface area contributed by atoms with E-state index < -0.39 is 5.60 Å². The lowest BCUT2D eigenvalue weighted by Gasteiger charge is -2.31. The first kappa shape index (κ1) is 20.6. The SMILES string of the molecule is CCCOC1(C(=O)Nc2ccc(OCCOC)nc2C)CCCCCC1. The van der Waals surface area contributed by atoms with Gasteiger partial charge >= 0.3 is 0 Å². The highest BCUT2D eigenvalue weighted by molar-refractivity contribution is 5.97. The predicted octanol–water partition coefficient (Wildman–Crippen LogP) is 3.87. The molecule has 1 saturated carbocycles. The van der Waals surface area contributed by atoms with Crippen LogP contribution in [-0.4, -0.2) is 43.4 Å². The number of carbonyl (C=O) groups is 1. The monoisotopic (exact) mass is 364 g/mol. The molecule has 0 aliphatic heterocycles. The molecule has 1 aliphatic carbocycles. The highest BCUT2D eigenvalue weighted by Crippen LogP contribution is 2.32. The van der Waals surface area contributed by atoms with Crippen molar-refractivity contribution in [3.05, 3.63) is 17.8 Å². The van der Waals surface area contributed by atoms with Gasteiger partial charge < -0.3 is 19.5 Å². The van der Waals surface area contributed by atoms with E-state index in [0.29, 0.717) is 31.4 Å². The van der Waals surface area contributed by atoms with Crippen molar-refractivity contribution in [2.45, 2.75) is 64.4 Å². The second-order valence-electron chi connectivity index (χ2n) is 6.83. The van der Waals surface area contributed by atoms with Gasteiger partial charge in [-0.3, -0.25) is 4.79 Å². The number of hydrogen-bond acceptors (Lipinski definition) is 5. The minimum Gasteiger partial charge on any atom is -0.475 e. The molecule has 26 heavy (non-hydrogen) atoms. The van der Waals surface area contributed by atoms with Crippen molar-refractivity contribution in [3.8, 4) is 5.88 Å². The lowest BCUT2D eigenvalue weighted by molar-refractivity contribution is -0.143. The van der Waals surface area contributed by atoms with Crippen molar-refractivity contribution in [3.63, 3.8) is 0 Å². The fraction of sp³-hybridized carbons (Fsp3) is 0.700. The average Bonchev–Trinajstić information content (AvgIpc) is 2.89. The van der Waals surface area contributed by atoms with Crippen LogP contribution < -0.4 is 10.1 Å². The molecule has 0 spiro atoms. The Hall–Kier alpha value is -1.66. The first-order valence-corrected chi connectivity index (χ1v) is 9.66. The van der Waals surface area contributed by atoms with Crippen LogP contribution in [0.1, 0.15) is 57.6 Å². The topological polar surface area (TPSA) is 69.7 Å². The Kier molecular flexibility index (Phi) is 8.32. The summed E-state index contributed by atoms with van der Waals surface area (Å²) in [7, 11) is 1.63. The van der Waals surface area contributed by atoms with Crippen LogP contribution in [-0.2, 0) is 14.3 Å². The number of anilines is 1. The molecule has 146 valence electrons. The Morgan fingerprint density at radius 2 is 1.88 bits per heavy atom. The third-order valence-corrected chi connectivity index (χ3v) is 4.75. The molecule has 1 aromatic heterocycles. The number of ether oxygens (including phenoxy) is 3. The number of aryl methyl sites for hydroxylation is 1. The zero-order chi connectivity index (χ0) is 18.8. The van der Waals surface area contributed by atoms with Crippen molar-refractivity contribution in [1.29, 1.82) is 0 Å². The van der Waals surface area contributed by atoms with Crippen LogP contribution in [0.5, 0.6) is 5.88 Å². The van der Waals surface area contributed by atoms with Gasteiger partial charge in [-0.05, 0) is 32.3 Å². The summed E-state index contributed by atoms with van der Waals surface area (Å²) in [5, 5.41) is 3.05. The number of hydrogen-bond donors (Lipinski definition) is 1. The second-order valence-corrected chi connectivity index (χ2v) is 6.83. The van der Waals surface area contributed by atoms with Gasteiger partial charge in [0.05, 0.1) is 18.0 Å². The van der Waals surface area contributed by atoms with Crippen LogP contribution in [0.3, 0.4) is 0 Å². The summed E-state index contributed by atoms with van der Waals surface area (Å²) in [6.45, 7) is 5.50. The van der Waals surface area contributed by atoms with E-state index >= 15 is 0 Å². The normalized spacial score (nSPS) is 16.7. The average molecular weight is 364 g/mol. The van der Waals surface area contributed by atoms with Crippen LogP contribution >= 0.6 is 0 Å². The zero-order valence-corrected chi connectivity index (χ0v) is 16.3. The van der Waals surface area contributed by atoms with Gasteiger partial charge in [0.15, 0.2) is 0 Å². The van der Waals surface area contributed by atoms with Gasteiger partial charge in [0, 0.05) is 19.8 Å². The molecule has 0 radical (unpaired) electrons. The third kappa shape index (κ3) is 5.68. The summed E-state index contributed by atoms with van der Waals surface area (Å²) in [5.41, 5.74) is 0.720. The molecule has 0 bridgehead atoms. The van der Waals surface area contributed by atoms with E-state index in [0.717, 1.165) is 37.8 Å². The molecular weight excluding hydrogens is 332 g/mol. The molecule has 1 heterocycles. The molecule has 2 rings (SSSR count). The molecule has 6 nitrogen and oxygen atoms in total. The van der Waals surface area contributed by atoms with Gasteiger partial charge in [-0.25, -0.2) is 4.98 Å². The maximum absolute atomic E-state index is 13.1. The molecule has 1 fully saturated rings. The molecule has 0 saturated heterocycles. The Morgan fingerprint density at radius 3 is 2.50 bits per heavy atom. The molecule has 0 unspecified atom stereocenters. The van der Waals surface area contributed by atoms with Crippen molar-refractivity contribution in [1.82, 2.24) is 4.98 Å². The van der Waals surface area contributed by atoms with Gasteiger partial charge in [0.2, 0.25) is 5.88 Å². The number of rotatable bonds is 9. The minimum atomic E-state index is -0.716. The largest absolute Gasteiger partial charge is 0.475 e. The summed E-state index contributed by atoms with van der Waals surface area (Å²) < 4.78 is 16.6. The van der Waals surface area contributed by atoms with Crippen LogP contribution in [0.25, 0.3) is 0 Å². The number of pyridine rings is 1. The maximum Gasteiger partial charge on any atom is 0.256 e. The van der Waals surface area contributed by atoms with Crippen molar-refractivity contribution < 1.29 is 19.0 Å². The molecule has 0 atom stereocenters. The van der Waals surface area contributed by atoms with Crippen LogP contribution in [0.15, 0.2) is 12.1 Å². The van der Waals surface area contributed by atoms with Crippen molar-refractivity contribution in [2.75, 3.05) is 32.2 Å².